The summed E-state index contributed by atoms with van der Waals surface area (Å²) < 4.78 is 26.0. The lowest BCUT2D eigenvalue weighted by Crippen LogP contribution is -2.13. The van der Waals surface area contributed by atoms with Gasteiger partial charge in [-0.2, -0.15) is 0 Å². The molecule has 0 aliphatic heterocycles. The molecule has 2 aromatic rings. The van der Waals surface area contributed by atoms with Gasteiger partial charge in [-0.3, -0.25) is 0 Å². The fourth-order valence-electron chi connectivity index (χ4n) is 1.65. The third kappa shape index (κ3) is 2.48. The Morgan fingerprint density at radius 1 is 1.00 bits per heavy atom. The molecule has 0 amide bonds. The molecule has 1 unspecified atom stereocenters. The number of nitrogens with two attached hydrogens (primary N) is 1. The highest BCUT2D eigenvalue weighted by Crippen LogP contribution is 2.32. The standard InChI is InChI=1S/C13H9Cl2F2N/c14-9-3-1-2-8(12(9)15)13(18)7-4-5-10(16)11(17)6-7/h1-6,13H,18H2. The van der Waals surface area contributed by atoms with E-state index in [4.69, 9.17) is 28.9 Å². The van der Waals surface area contributed by atoms with Gasteiger partial charge in [0.15, 0.2) is 11.6 Å². The van der Waals surface area contributed by atoms with Crippen molar-refractivity contribution in [3.63, 3.8) is 0 Å². The number of hydrogen-bond donors (Lipinski definition) is 1. The van der Waals surface area contributed by atoms with Crippen molar-refractivity contribution in [2.45, 2.75) is 6.04 Å². The van der Waals surface area contributed by atoms with Gasteiger partial charge in [0.2, 0.25) is 0 Å². The van der Waals surface area contributed by atoms with Gasteiger partial charge in [-0.15, -0.1) is 0 Å². The summed E-state index contributed by atoms with van der Waals surface area (Å²) in [6.07, 6.45) is 0. The molecule has 1 nitrogen and oxygen atoms in total. The van der Waals surface area contributed by atoms with E-state index in [9.17, 15) is 8.78 Å². The van der Waals surface area contributed by atoms with Crippen molar-refractivity contribution >= 4 is 23.2 Å². The average molecular weight is 288 g/mol. The molecule has 2 aromatic carbocycles. The molecule has 1 atom stereocenters. The SMILES string of the molecule is NC(c1ccc(F)c(F)c1)c1cccc(Cl)c1Cl. The maximum atomic E-state index is 13.1. The highest BCUT2D eigenvalue weighted by molar-refractivity contribution is 6.42. The summed E-state index contributed by atoms with van der Waals surface area (Å²) >= 11 is 11.9. The smallest absolute Gasteiger partial charge is 0.159 e. The molecule has 0 fully saturated rings. The molecular formula is C13H9Cl2F2N. The van der Waals surface area contributed by atoms with E-state index in [1.807, 2.05) is 0 Å². The van der Waals surface area contributed by atoms with E-state index in [0.717, 1.165) is 12.1 Å². The second kappa shape index (κ2) is 5.22. The quantitative estimate of drug-likeness (QED) is 0.875. The highest BCUT2D eigenvalue weighted by atomic mass is 35.5. The Labute approximate surface area is 113 Å². The van der Waals surface area contributed by atoms with Crippen LogP contribution in [-0.2, 0) is 0 Å². The number of benzene rings is 2. The zero-order valence-electron chi connectivity index (χ0n) is 9.13. The van der Waals surface area contributed by atoms with E-state index in [2.05, 4.69) is 0 Å². The Kier molecular flexibility index (Phi) is 3.85. The van der Waals surface area contributed by atoms with Gasteiger partial charge < -0.3 is 5.73 Å². The molecule has 0 saturated heterocycles. The van der Waals surface area contributed by atoms with Crippen LogP contribution in [0.5, 0.6) is 0 Å². The van der Waals surface area contributed by atoms with Crippen LogP contribution < -0.4 is 5.73 Å². The first kappa shape index (κ1) is 13.3. The van der Waals surface area contributed by atoms with Crippen LogP contribution in [0, 0.1) is 11.6 Å². The Balaban J connectivity index is 2.44. The van der Waals surface area contributed by atoms with Gasteiger partial charge in [0, 0.05) is 0 Å². The zero-order chi connectivity index (χ0) is 13.3. The van der Waals surface area contributed by atoms with E-state index in [1.165, 1.54) is 6.07 Å². The predicted octanol–water partition coefficient (Wildman–Crippen LogP) is 4.32. The van der Waals surface area contributed by atoms with Crippen LogP contribution >= 0.6 is 23.2 Å². The van der Waals surface area contributed by atoms with E-state index >= 15 is 0 Å². The van der Waals surface area contributed by atoms with Gasteiger partial charge in [0.05, 0.1) is 16.1 Å². The summed E-state index contributed by atoms with van der Waals surface area (Å²) in [5.74, 6) is -1.86. The molecule has 2 N–H and O–H groups in total. The molecular weight excluding hydrogens is 279 g/mol. The summed E-state index contributed by atoms with van der Waals surface area (Å²) in [7, 11) is 0. The molecule has 0 heterocycles. The Morgan fingerprint density at radius 2 is 1.72 bits per heavy atom. The topological polar surface area (TPSA) is 26.0 Å². The maximum Gasteiger partial charge on any atom is 0.159 e. The van der Waals surface area contributed by atoms with Crippen molar-refractivity contribution < 1.29 is 8.78 Å². The summed E-state index contributed by atoms with van der Waals surface area (Å²) in [4.78, 5) is 0. The summed E-state index contributed by atoms with van der Waals surface area (Å²) in [5, 5.41) is 0.684. The van der Waals surface area contributed by atoms with Crippen molar-refractivity contribution in [3.8, 4) is 0 Å². The Morgan fingerprint density at radius 3 is 2.39 bits per heavy atom. The second-order valence-electron chi connectivity index (χ2n) is 3.79. The van der Waals surface area contributed by atoms with Crippen LogP contribution in [0.2, 0.25) is 10.0 Å². The van der Waals surface area contributed by atoms with Crippen LogP contribution in [0.3, 0.4) is 0 Å². The fraction of sp³-hybridized carbons (Fsp3) is 0.0769. The van der Waals surface area contributed by atoms with Crippen LogP contribution in [0.25, 0.3) is 0 Å². The molecule has 0 aliphatic rings. The van der Waals surface area contributed by atoms with E-state index in [-0.39, 0.29) is 0 Å². The van der Waals surface area contributed by atoms with Crippen molar-refractivity contribution in [3.05, 3.63) is 69.2 Å². The van der Waals surface area contributed by atoms with Gasteiger partial charge in [0.1, 0.15) is 0 Å². The number of halogens is 4. The van der Waals surface area contributed by atoms with Gasteiger partial charge >= 0.3 is 0 Å². The van der Waals surface area contributed by atoms with Crippen LogP contribution in [0.15, 0.2) is 36.4 Å². The van der Waals surface area contributed by atoms with Crippen molar-refractivity contribution in [2.75, 3.05) is 0 Å². The van der Waals surface area contributed by atoms with Gasteiger partial charge in [-0.25, -0.2) is 8.78 Å². The second-order valence-corrected chi connectivity index (χ2v) is 4.58. The Bertz CT molecular complexity index is 587. The summed E-state index contributed by atoms with van der Waals surface area (Å²) in [6, 6.07) is 7.86. The first-order valence-electron chi connectivity index (χ1n) is 5.15. The lowest BCUT2D eigenvalue weighted by atomic mass is 9.99. The first-order valence-corrected chi connectivity index (χ1v) is 5.90. The fourth-order valence-corrected chi connectivity index (χ4v) is 2.07. The minimum Gasteiger partial charge on any atom is -0.320 e. The Hall–Kier alpha value is -1.16. The van der Waals surface area contributed by atoms with Gasteiger partial charge in [-0.1, -0.05) is 41.4 Å². The molecule has 0 aromatic heterocycles. The third-order valence-electron chi connectivity index (χ3n) is 2.62. The van der Waals surface area contributed by atoms with Crippen molar-refractivity contribution in [2.24, 2.45) is 5.73 Å². The van der Waals surface area contributed by atoms with Crippen molar-refractivity contribution in [1.29, 1.82) is 0 Å². The highest BCUT2D eigenvalue weighted by Gasteiger charge is 2.15. The number of hydrogen-bond acceptors (Lipinski definition) is 1. The third-order valence-corrected chi connectivity index (χ3v) is 3.45. The molecule has 94 valence electrons. The van der Waals surface area contributed by atoms with E-state index in [0.29, 0.717) is 21.2 Å². The van der Waals surface area contributed by atoms with Gasteiger partial charge in [0.25, 0.3) is 0 Å². The van der Waals surface area contributed by atoms with E-state index in [1.54, 1.807) is 18.2 Å². The lowest BCUT2D eigenvalue weighted by molar-refractivity contribution is 0.506. The first-order chi connectivity index (χ1) is 8.50. The van der Waals surface area contributed by atoms with Crippen LogP contribution in [0.4, 0.5) is 8.78 Å². The molecule has 5 heteroatoms. The zero-order valence-corrected chi connectivity index (χ0v) is 10.6. The van der Waals surface area contributed by atoms with Crippen LogP contribution in [0.1, 0.15) is 17.2 Å². The number of rotatable bonds is 2. The molecule has 0 spiro atoms. The molecule has 0 radical (unpaired) electrons. The molecule has 18 heavy (non-hydrogen) atoms. The average Bonchev–Trinajstić information content (AvgIpc) is 2.35. The molecule has 0 bridgehead atoms. The minimum atomic E-state index is -0.943. The van der Waals surface area contributed by atoms with Crippen molar-refractivity contribution in [1.82, 2.24) is 0 Å². The summed E-state index contributed by atoms with van der Waals surface area (Å²) in [5.41, 5.74) is 6.97. The van der Waals surface area contributed by atoms with Gasteiger partial charge in [-0.05, 0) is 29.3 Å². The minimum absolute atomic E-state index is 0.316. The lowest BCUT2D eigenvalue weighted by Gasteiger charge is -2.15. The monoisotopic (exact) mass is 287 g/mol. The largest absolute Gasteiger partial charge is 0.320 e. The normalized spacial score (nSPS) is 12.5. The van der Waals surface area contributed by atoms with Crippen LogP contribution in [-0.4, -0.2) is 0 Å². The maximum absolute atomic E-state index is 13.1. The molecule has 0 aliphatic carbocycles. The summed E-state index contributed by atoms with van der Waals surface area (Å²) in [6.45, 7) is 0. The van der Waals surface area contributed by atoms with E-state index < -0.39 is 17.7 Å². The molecule has 2 rings (SSSR count). The molecule has 0 saturated carbocycles. The predicted molar refractivity (Wildman–Crippen MR) is 68.9 cm³/mol.